The normalized spacial score (nSPS) is 34.4. The molecule has 0 bridgehead atoms. The van der Waals surface area contributed by atoms with Gasteiger partial charge in [-0.25, -0.2) is 0 Å². The summed E-state index contributed by atoms with van der Waals surface area (Å²) in [7, 11) is 0. The molecular weight excluding hydrogens is 556 g/mol. The van der Waals surface area contributed by atoms with Gasteiger partial charge in [0.05, 0.1) is 19.3 Å². The Balaban J connectivity index is 1.70. The van der Waals surface area contributed by atoms with Crippen LogP contribution in [-0.4, -0.2) is 128 Å². The maximum absolute atomic E-state index is 10.7. The van der Waals surface area contributed by atoms with Crippen LogP contribution in [0.2, 0.25) is 0 Å². The van der Waals surface area contributed by atoms with Crippen molar-refractivity contribution in [3.05, 3.63) is 0 Å². The Morgan fingerprint density at radius 2 is 1.10 bits per heavy atom. The third-order valence-corrected chi connectivity index (χ3v) is 8.08. The molecule has 2 heterocycles. The summed E-state index contributed by atoms with van der Waals surface area (Å²) < 4.78 is 22.8. The monoisotopic (exact) mass is 610 g/mol. The van der Waals surface area contributed by atoms with Crippen molar-refractivity contribution in [2.45, 2.75) is 164 Å². The fraction of sp³-hybridized carbons (Fsp3) is 0.966. The van der Waals surface area contributed by atoms with E-state index in [0.717, 1.165) is 51.4 Å². The van der Waals surface area contributed by atoms with Gasteiger partial charge in [0.1, 0.15) is 48.8 Å². The number of hydrogen-bond acceptors (Lipinski definition) is 12. The van der Waals surface area contributed by atoms with Gasteiger partial charge in [0.2, 0.25) is 0 Å². The number of carboxylic acids is 1. The van der Waals surface area contributed by atoms with Gasteiger partial charge in [0.15, 0.2) is 12.6 Å². The second-order valence-electron chi connectivity index (χ2n) is 11.6. The first kappa shape index (κ1) is 37.2. The van der Waals surface area contributed by atoms with Crippen molar-refractivity contribution in [2.24, 2.45) is 0 Å². The third kappa shape index (κ3) is 12.2. The van der Waals surface area contributed by atoms with Crippen LogP contribution in [0.5, 0.6) is 0 Å². The molecular formula is C29H54O13. The predicted molar refractivity (Wildman–Crippen MR) is 149 cm³/mol. The Morgan fingerprint density at radius 1 is 0.643 bits per heavy atom. The van der Waals surface area contributed by atoms with Crippen molar-refractivity contribution in [1.82, 2.24) is 0 Å². The minimum Gasteiger partial charge on any atom is -0.481 e. The van der Waals surface area contributed by atoms with E-state index in [2.05, 4.69) is 0 Å². The molecule has 0 amide bonds. The zero-order valence-electron chi connectivity index (χ0n) is 24.8. The fourth-order valence-electron chi connectivity index (χ4n) is 5.42. The Morgan fingerprint density at radius 3 is 1.60 bits per heavy atom. The molecule has 2 fully saturated rings. The maximum atomic E-state index is 10.7. The highest BCUT2D eigenvalue weighted by Gasteiger charge is 2.51. The van der Waals surface area contributed by atoms with E-state index in [9.17, 15) is 40.5 Å². The molecule has 11 atom stereocenters. The average Bonchev–Trinajstić information content (AvgIpc) is 2.96. The van der Waals surface area contributed by atoms with Crippen molar-refractivity contribution in [2.75, 3.05) is 13.2 Å². The van der Waals surface area contributed by atoms with Crippen LogP contribution in [0.3, 0.4) is 0 Å². The Kier molecular flexibility index (Phi) is 17.8. The van der Waals surface area contributed by atoms with Gasteiger partial charge in [-0.2, -0.15) is 0 Å². The largest absolute Gasteiger partial charge is 0.481 e. The highest BCUT2D eigenvalue weighted by atomic mass is 16.8. The van der Waals surface area contributed by atoms with Gasteiger partial charge in [-0.1, -0.05) is 70.6 Å². The maximum Gasteiger partial charge on any atom is 0.303 e. The molecule has 13 nitrogen and oxygen atoms in total. The molecule has 0 saturated carbocycles. The highest BCUT2D eigenvalue weighted by Crippen LogP contribution is 2.30. The van der Waals surface area contributed by atoms with E-state index in [1.165, 1.54) is 25.7 Å². The topological polar surface area (TPSA) is 216 Å². The zero-order valence-corrected chi connectivity index (χ0v) is 24.8. The summed E-state index contributed by atoms with van der Waals surface area (Å²) in [6.45, 7) is 0.603. The van der Waals surface area contributed by atoms with Crippen LogP contribution in [0.15, 0.2) is 0 Å². The number of carboxylic acid groups (broad SMARTS) is 1. The van der Waals surface area contributed by atoms with Crippen LogP contribution in [0.1, 0.15) is 96.8 Å². The van der Waals surface area contributed by atoms with Gasteiger partial charge in [0, 0.05) is 6.42 Å². The van der Waals surface area contributed by atoms with Gasteiger partial charge in [0.25, 0.3) is 0 Å². The van der Waals surface area contributed by atoms with E-state index in [-0.39, 0.29) is 12.5 Å². The Labute approximate surface area is 248 Å². The van der Waals surface area contributed by atoms with E-state index in [1.54, 1.807) is 0 Å². The lowest BCUT2D eigenvalue weighted by Gasteiger charge is -2.46. The quantitative estimate of drug-likeness (QED) is 0.0835. The standard InChI is InChI=1S/C29H54O13/c1-18(14-12-10-8-6-4-2-3-5-7-9-11-13-15-21(32)33)39-29-27(25(37)23(35)20(17-31)41-29)42-28-26(38)24(36)22(34)19(16-30)40-28/h18-20,22-31,34-38H,2-17H2,1H3,(H,32,33). The smallest absolute Gasteiger partial charge is 0.303 e. The van der Waals surface area contributed by atoms with Crippen molar-refractivity contribution in [3.63, 3.8) is 0 Å². The highest BCUT2D eigenvalue weighted by molar-refractivity contribution is 5.66. The number of unbranched alkanes of at least 4 members (excludes halogenated alkanes) is 11. The molecule has 11 unspecified atom stereocenters. The van der Waals surface area contributed by atoms with Gasteiger partial charge in [-0.15, -0.1) is 0 Å². The molecule has 42 heavy (non-hydrogen) atoms. The number of ether oxygens (including phenoxy) is 4. The van der Waals surface area contributed by atoms with Gasteiger partial charge in [-0.05, 0) is 19.8 Å². The molecule has 0 spiro atoms. The zero-order chi connectivity index (χ0) is 31.1. The summed E-state index contributed by atoms with van der Waals surface area (Å²) in [4.78, 5) is 10.5. The summed E-state index contributed by atoms with van der Waals surface area (Å²) >= 11 is 0. The van der Waals surface area contributed by atoms with Gasteiger partial charge >= 0.3 is 5.97 Å². The van der Waals surface area contributed by atoms with E-state index < -0.39 is 80.6 Å². The number of hydrogen-bond donors (Lipinski definition) is 8. The molecule has 0 radical (unpaired) electrons. The lowest BCUT2D eigenvalue weighted by molar-refractivity contribution is -0.371. The summed E-state index contributed by atoms with van der Waals surface area (Å²) in [5.41, 5.74) is 0. The van der Waals surface area contributed by atoms with Crippen LogP contribution >= 0.6 is 0 Å². The van der Waals surface area contributed by atoms with Crippen LogP contribution in [0.25, 0.3) is 0 Å². The molecule has 2 aliphatic rings. The minimum atomic E-state index is -1.71. The second-order valence-corrected chi connectivity index (χ2v) is 11.6. The first-order valence-corrected chi connectivity index (χ1v) is 15.6. The van der Waals surface area contributed by atoms with Crippen molar-refractivity contribution < 1.29 is 64.6 Å². The lowest BCUT2D eigenvalue weighted by atomic mass is 9.97. The van der Waals surface area contributed by atoms with E-state index in [4.69, 9.17) is 24.1 Å². The minimum absolute atomic E-state index is 0.261. The Bertz CT molecular complexity index is 726. The Hall–Kier alpha value is -0.970. The fourth-order valence-corrected chi connectivity index (χ4v) is 5.42. The van der Waals surface area contributed by atoms with Gasteiger partial charge in [-0.3, -0.25) is 4.79 Å². The lowest BCUT2D eigenvalue weighted by Crippen LogP contribution is -2.64. The molecule has 8 N–H and O–H groups in total. The molecule has 2 aliphatic heterocycles. The SMILES string of the molecule is CC(CCCCCCCCCCCCCCC(=O)O)OC1OC(CO)C(O)C(O)C1OC1OC(CO)C(O)C(O)C1O. The van der Waals surface area contributed by atoms with E-state index in [0.29, 0.717) is 6.42 Å². The third-order valence-electron chi connectivity index (χ3n) is 8.08. The molecule has 0 aromatic rings. The summed E-state index contributed by atoms with van der Waals surface area (Å²) in [5.74, 6) is -0.722. The number of rotatable bonds is 21. The van der Waals surface area contributed by atoms with Crippen molar-refractivity contribution >= 4 is 5.97 Å². The number of aliphatic carboxylic acids is 1. The van der Waals surface area contributed by atoms with Crippen LogP contribution in [0, 0.1) is 0 Å². The summed E-state index contributed by atoms with van der Waals surface area (Å²) in [5, 5.41) is 79.2. The van der Waals surface area contributed by atoms with E-state index >= 15 is 0 Å². The van der Waals surface area contributed by atoms with Gasteiger partial charge < -0.3 is 59.8 Å². The van der Waals surface area contributed by atoms with Crippen molar-refractivity contribution in [1.29, 1.82) is 0 Å². The molecule has 2 saturated heterocycles. The number of aliphatic hydroxyl groups excluding tert-OH is 7. The van der Waals surface area contributed by atoms with Crippen LogP contribution < -0.4 is 0 Å². The first-order chi connectivity index (χ1) is 20.1. The average molecular weight is 611 g/mol. The number of aliphatic hydroxyl groups is 7. The van der Waals surface area contributed by atoms with E-state index in [1.807, 2.05) is 6.92 Å². The molecule has 0 aromatic carbocycles. The first-order valence-electron chi connectivity index (χ1n) is 15.6. The molecule has 13 heteroatoms. The second kappa shape index (κ2) is 20.1. The van der Waals surface area contributed by atoms with Crippen LogP contribution in [0.4, 0.5) is 0 Å². The summed E-state index contributed by atoms with van der Waals surface area (Å²) in [6, 6.07) is 0. The van der Waals surface area contributed by atoms with Crippen LogP contribution in [-0.2, 0) is 23.7 Å². The molecule has 0 aliphatic carbocycles. The summed E-state index contributed by atoms with van der Waals surface area (Å²) in [6.07, 6.45) is -1.03. The van der Waals surface area contributed by atoms with Crippen molar-refractivity contribution in [3.8, 4) is 0 Å². The number of carbonyl (C=O) groups is 1. The molecule has 2 rings (SSSR count). The molecule has 0 aromatic heterocycles. The molecule has 248 valence electrons. The predicted octanol–water partition coefficient (Wildman–Crippen LogP) is 0.562.